The molecule has 0 saturated carbocycles. The first kappa shape index (κ1) is 21.0. The Labute approximate surface area is 178 Å². The average Bonchev–Trinajstić information content (AvgIpc) is 2.79. The van der Waals surface area contributed by atoms with E-state index in [1.165, 1.54) is 20.4 Å². The van der Waals surface area contributed by atoms with E-state index in [9.17, 15) is 0 Å². The van der Waals surface area contributed by atoms with Crippen molar-refractivity contribution >= 4 is 22.5 Å². The van der Waals surface area contributed by atoms with Gasteiger partial charge in [-0.05, 0) is 18.9 Å². The predicted molar refractivity (Wildman–Crippen MR) is 112 cm³/mol. The molecule has 1 aliphatic heterocycles. The summed E-state index contributed by atoms with van der Waals surface area (Å²) in [5.41, 5.74) is 5.87. The number of rotatable bonds is 5. The van der Waals surface area contributed by atoms with Crippen molar-refractivity contribution in [2.75, 3.05) is 45.1 Å². The highest BCUT2D eigenvalue weighted by Crippen LogP contribution is 2.38. The standard InChI is InChI=1S/C21H23F2N5O3/c1-29-11-4-6-28(7-5-11)21-12-8-16(24)25-10-13(12)26-20(27-21)17-18(22)14(30-2)9-15(31-3)19(17)23/h8-11H,4-7H2,1-3H3,(H2,24,25). The van der Waals surface area contributed by atoms with Gasteiger partial charge in [0.2, 0.25) is 0 Å². The Morgan fingerprint density at radius 2 is 1.65 bits per heavy atom. The fraction of sp³-hybridized carbons (Fsp3) is 0.381. The lowest BCUT2D eigenvalue weighted by Gasteiger charge is -2.32. The third-order valence-corrected chi connectivity index (χ3v) is 5.46. The molecule has 1 saturated heterocycles. The number of hydrogen-bond donors (Lipinski definition) is 1. The maximum atomic E-state index is 15.1. The zero-order valence-electron chi connectivity index (χ0n) is 17.5. The Hall–Kier alpha value is -3.27. The summed E-state index contributed by atoms with van der Waals surface area (Å²) in [7, 11) is 4.27. The number of ether oxygens (including phenoxy) is 3. The second kappa shape index (κ2) is 8.46. The van der Waals surface area contributed by atoms with Crippen LogP contribution in [0.25, 0.3) is 22.3 Å². The molecule has 0 unspecified atom stereocenters. The van der Waals surface area contributed by atoms with Crippen LogP contribution >= 0.6 is 0 Å². The number of nitrogens with two attached hydrogens (primary N) is 1. The lowest BCUT2D eigenvalue weighted by Crippen LogP contribution is -2.37. The molecule has 3 heterocycles. The normalized spacial score (nSPS) is 14.8. The molecule has 8 nitrogen and oxygen atoms in total. The minimum absolute atomic E-state index is 0.130. The largest absolute Gasteiger partial charge is 0.494 e. The van der Waals surface area contributed by atoms with Crippen molar-refractivity contribution in [1.82, 2.24) is 15.0 Å². The summed E-state index contributed by atoms with van der Waals surface area (Å²) in [6, 6.07) is 2.81. The summed E-state index contributed by atoms with van der Waals surface area (Å²) in [5.74, 6) is -1.46. The van der Waals surface area contributed by atoms with Crippen LogP contribution in [0.2, 0.25) is 0 Å². The molecular formula is C21H23F2N5O3. The Balaban J connectivity index is 1.92. The summed E-state index contributed by atoms with van der Waals surface area (Å²) < 4.78 is 45.7. The Kier molecular flexibility index (Phi) is 5.73. The summed E-state index contributed by atoms with van der Waals surface area (Å²) in [4.78, 5) is 15.0. The Morgan fingerprint density at radius 1 is 1.00 bits per heavy atom. The van der Waals surface area contributed by atoms with E-state index >= 15 is 8.78 Å². The summed E-state index contributed by atoms with van der Waals surface area (Å²) in [5, 5.41) is 0.655. The number of hydrogen-bond acceptors (Lipinski definition) is 8. The van der Waals surface area contributed by atoms with Crippen LogP contribution in [0.3, 0.4) is 0 Å². The molecule has 2 aromatic heterocycles. The van der Waals surface area contributed by atoms with Gasteiger partial charge < -0.3 is 24.8 Å². The van der Waals surface area contributed by atoms with Crippen molar-refractivity contribution < 1.29 is 23.0 Å². The van der Waals surface area contributed by atoms with E-state index in [2.05, 4.69) is 15.0 Å². The summed E-state index contributed by atoms with van der Waals surface area (Å²) >= 11 is 0. The van der Waals surface area contributed by atoms with Crippen molar-refractivity contribution in [2.45, 2.75) is 18.9 Å². The molecule has 1 aliphatic rings. The summed E-state index contributed by atoms with van der Waals surface area (Å²) in [6.07, 6.45) is 3.23. The zero-order chi connectivity index (χ0) is 22.1. The second-order valence-electron chi connectivity index (χ2n) is 7.20. The quantitative estimate of drug-likeness (QED) is 0.658. The predicted octanol–water partition coefficient (Wildman–Crippen LogP) is 3.18. The number of methoxy groups -OCH3 is 3. The first-order chi connectivity index (χ1) is 15.0. The third kappa shape index (κ3) is 3.78. The molecule has 3 aromatic rings. The van der Waals surface area contributed by atoms with Crippen LogP contribution in [0.5, 0.6) is 11.5 Å². The minimum Gasteiger partial charge on any atom is -0.494 e. The van der Waals surface area contributed by atoms with Crippen molar-refractivity contribution in [3.8, 4) is 22.9 Å². The van der Waals surface area contributed by atoms with Gasteiger partial charge in [-0.1, -0.05) is 0 Å². The molecule has 164 valence electrons. The molecule has 0 amide bonds. The lowest BCUT2D eigenvalue weighted by atomic mass is 10.1. The van der Waals surface area contributed by atoms with Crippen LogP contribution in [0.1, 0.15) is 12.8 Å². The molecule has 0 radical (unpaired) electrons. The smallest absolute Gasteiger partial charge is 0.179 e. The topological polar surface area (TPSA) is 95.6 Å². The fourth-order valence-corrected chi connectivity index (χ4v) is 3.77. The van der Waals surface area contributed by atoms with Crippen molar-refractivity contribution in [2.24, 2.45) is 0 Å². The van der Waals surface area contributed by atoms with E-state index in [4.69, 9.17) is 19.9 Å². The van der Waals surface area contributed by atoms with E-state index < -0.39 is 17.2 Å². The van der Waals surface area contributed by atoms with Gasteiger partial charge in [0, 0.05) is 31.7 Å². The van der Waals surface area contributed by atoms with Gasteiger partial charge in [0.15, 0.2) is 29.0 Å². The van der Waals surface area contributed by atoms with E-state index in [-0.39, 0.29) is 23.4 Å². The van der Waals surface area contributed by atoms with E-state index in [0.29, 0.717) is 35.6 Å². The summed E-state index contributed by atoms with van der Waals surface area (Å²) in [6.45, 7) is 1.33. The van der Waals surface area contributed by atoms with E-state index in [1.54, 1.807) is 13.2 Å². The number of piperidine rings is 1. The van der Waals surface area contributed by atoms with Crippen LogP contribution < -0.4 is 20.1 Å². The minimum atomic E-state index is -0.910. The van der Waals surface area contributed by atoms with Gasteiger partial charge >= 0.3 is 0 Å². The lowest BCUT2D eigenvalue weighted by molar-refractivity contribution is 0.0818. The van der Waals surface area contributed by atoms with Gasteiger partial charge in [0.05, 0.1) is 37.6 Å². The maximum absolute atomic E-state index is 15.1. The van der Waals surface area contributed by atoms with Crippen molar-refractivity contribution in [1.29, 1.82) is 0 Å². The van der Waals surface area contributed by atoms with Gasteiger partial charge in [-0.3, -0.25) is 0 Å². The number of anilines is 2. The Morgan fingerprint density at radius 3 is 2.23 bits per heavy atom. The highest BCUT2D eigenvalue weighted by Gasteiger charge is 2.27. The first-order valence-corrected chi connectivity index (χ1v) is 9.78. The van der Waals surface area contributed by atoms with Gasteiger partial charge in [-0.2, -0.15) is 0 Å². The first-order valence-electron chi connectivity index (χ1n) is 9.78. The molecule has 0 spiro atoms. The maximum Gasteiger partial charge on any atom is 0.179 e. The van der Waals surface area contributed by atoms with Gasteiger partial charge in [-0.15, -0.1) is 0 Å². The molecule has 0 atom stereocenters. The Bertz CT molecular complexity index is 1090. The van der Waals surface area contributed by atoms with Crippen LogP contribution in [0.15, 0.2) is 18.3 Å². The number of halogens is 2. The van der Waals surface area contributed by atoms with Crippen LogP contribution in [-0.2, 0) is 4.74 Å². The second-order valence-corrected chi connectivity index (χ2v) is 7.20. The molecule has 1 aromatic carbocycles. The zero-order valence-corrected chi connectivity index (χ0v) is 17.5. The molecule has 0 aliphatic carbocycles. The SMILES string of the molecule is COc1cc(OC)c(F)c(-c2nc(N3CCC(OC)CC3)c3cc(N)ncc3n2)c1F. The molecule has 0 bridgehead atoms. The number of nitrogen functional groups attached to an aromatic ring is 1. The van der Waals surface area contributed by atoms with Gasteiger partial charge in [0.25, 0.3) is 0 Å². The molecule has 10 heteroatoms. The molecule has 2 N–H and O–H groups in total. The number of aromatic nitrogens is 3. The number of pyridine rings is 1. The average molecular weight is 431 g/mol. The van der Waals surface area contributed by atoms with E-state index in [1.807, 2.05) is 4.90 Å². The molecule has 1 fully saturated rings. The van der Waals surface area contributed by atoms with Gasteiger partial charge in [0.1, 0.15) is 11.6 Å². The highest BCUT2D eigenvalue weighted by molar-refractivity contribution is 5.92. The van der Waals surface area contributed by atoms with Crippen LogP contribution in [0.4, 0.5) is 20.4 Å². The number of fused-ring (bicyclic) bond motifs is 1. The molecular weight excluding hydrogens is 408 g/mol. The van der Waals surface area contributed by atoms with Crippen LogP contribution in [-0.4, -0.2) is 55.5 Å². The van der Waals surface area contributed by atoms with Crippen molar-refractivity contribution in [3.63, 3.8) is 0 Å². The molecule has 4 rings (SSSR count). The molecule has 31 heavy (non-hydrogen) atoms. The third-order valence-electron chi connectivity index (χ3n) is 5.46. The van der Waals surface area contributed by atoms with E-state index in [0.717, 1.165) is 18.9 Å². The van der Waals surface area contributed by atoms with Gasteiger partial charge in [-0.25, -0.2) is 23.7 Å². The fourth-order valence-electron chi connectivity index (χ4n) is 3.77. The number of nitrogens with zero attached hydrogens (tertiary/aromatic N) is 4. The van der Waals surface area contributed by atoms with Crippen molar-refractivity contribution in [3.05, 3.63) is 30.0 Å². The highest BCUT2D eigenvalue weighted by atomic mass is 19.1. The van der Waals surface area contributed by atoms with Crippen LogP contribution in [0, 0.1) is 11.6 Å². The number of benzene rings is 1. The monoisotopic (exact) mass is 431 g/mol.